The Morgan fingerprint density at radius 2 is 1.78 bits per heavy atom. The summed E-state index contributed by atoms with van der Waals surface area (Å²) in [7, 11) is 3.34. The van der Waals surface area contributed by atoms with E-state index >= 15 is 0 Å². The Labute approximate surface area is 122 Å². The molecule has 18 heavy (non-hydrogen) atoms. The minimum atomic E-state index is 0.00412. The zero-order chi connectivity index (χ0) is 13.1. The second kappa shape index (κ2) is 6.16. The highest BCUT2D eigenvalue weighted by molar-refractivity contribution is 9.10. The lowest BCUT2D eigenvalue weighted by Crippen LogP contribution is -2.06. The van der Waals surface area contributed by atoms with Gasteiger partial charge in [0.2, 0.25) is 0 Å². The van der Waals surface area contributed by atoms with E-state index in [0.717, 1.165) is 21.5 Å². The lowest BCUT2D eigenvalue weighted by atomic mass is 9.96. The number of ether oxygens (including phenoxy) is 2. The molecule has 1 aliphatic rings. The van der Waals surface area contributed by atoms with Crippen molar-refractivity contribution >= 4 is 27.5 Å². The van der Waals surface area contributed by atoms with Crippen LogP contribution in [-0.2, 0) is 0 Å². The van der Waals surface area contributed by atoms with Gasteiger partial charge >= 0.3 is 0 Å². The summed E-state index contributed by atoms with van der Waals surface area (Å²) in [6.45, 7) is 0. The normalized spacial score (nSPS) is 17.8. The average Bonchev–Trinajstić information content (AvgIpc) is 2.91. The van der Waals surface area contributed by atoms with E-state index in [4.69, 9.17) is 21.1 Å². The largest absolute Gasteiger partial charge is 0.496 e. The fourth-order valence-corrected chi connectivity index (χ4v) is 3.51. The minimum absolute atomic E-state index is 0.00412. The molecule has 2 rings (SSSR count). The summed E-state index contributed by atoms with van der Waals surface area (Å²) in [5, 5.41) is 0.00412. The Bertz CT molecular complexity index is 417. The van der Waals surface area contributed by atoms with Crippen LogP contribution in [0.3, 0.4) is 0 Å². The van der Waals surface area contributed by atoms with Gasteiger partial charge in [0.25, 0.3) is 0 Å². The van der Waals surface area contributed by atoms with Gasteiger partial charge in [-0.15, -0.1) is 11.6 Å². The lowest BCUT2D eigenvalue weighted by molar-refractivity contribution is 0.391. The van der Waals surface area contributed by atoms with E-state index < -0.39 is 0 Å². The van der Waals surface area contributed by atoms with Gasteiger partial charge in [0, 0.05) is 5.56 Å². The summed E-state index contributed by atoms with van der Waals surface area (Å²) in [6.07, 6.45) is 4.97. The maximum atomic E-state index is 6.63. The first-order valence-corrected chi connectivity index (χ1v) is 7.45. The van der Waals surface area contributed by atoms with E-state index in [-0.39, 0.29) is 5.38 Å². The summed E-state index contributed by atoms with van der Waals surface area (Å²) in [5.74, 6) is 2.18. The number of rotatable bonds is 4. The first-order valence-electron chi connectivity index (χ1n) is 6.23. The molecule has 1 atom stereocenters. The summed E-state index contributed by atoms with van der Waals surface area (Å²) in [4.78, 5) is 0. The second-order valence-electron chi connectivity index (χ2n) is 4.68. The van der Waals surface area contributed by atoms with Crippen molar-refractivity contribution in [3.05, 3.63) is 22.2 Å². The number of benzene rings is 1. The molecule has 1 aromatic rings. The highest BCUT2D eigenvalue weighted by Crippen LogP contribution is 2.45. The molecule has 1 aliphatic carbocycles. The highest BCUT2D eigenvalue weighted by Gasteiger charge is 2.27. The quantitative estimate of drug-likeness (QED) is 0.727. The Kier molecular flexibility index (Phi) is 4.79. The molecule has 4 heteroatoms. The van der Waals surface area contributed by atoms with Crippen molar-refractivity contribution in [1.29, 1.82) is 0 Å². The minimum Gasteiger partial charge on any atom is -0.496 e. The summed E-state index contributed by atoms with van der Waals surface area (Å²) < 4.78 is 11.7. The molecule has 100 valence electrons. The lowest BCUT2D eigenvalue weighted by Gasteiger charge is -2.21. The molecule has 0 heterocycles. The van der Waals surface area contributed by atoms with Crippen LogP contribution < -0.4 is 9.47 Å². The van der Waals surface area contributed by atoms with Crippen molar-refractivity contribution in [2.75, 3.05) is 14.2 Å². The van der Waals surface area contributed by atoms with Crippen LogP contribution in [0.5, 0.6) is 11.5 Å². The van der Waals surface area contributed by atoms with Gasteiger partial charge in [-0.2, -0.15) is 0 Å². The maximum absolute atomic E-state index is 6.63. The van der Waals surface area contributed by atoms with Crippen molar-refractivity contribution in [1.82, 2.24) is 0 Å². The van der Waals surface area contributed by atoms with Crippen molar-refractivity contribution < 1.29 is 9.47 Å². The number of halogens is 2. The number of hydrogen-bond acceptors (Lipinski definition) is 2. The first-order chi connectivity index (χ1) is 8.67. The molecule has 0 aromatic heterocycles. The summed E-state index contributed by atoms with van der Waals surface area (Å²) in [6, 6.07) is 3.91. The molecule has 0 bridgehead atoms. The molecule has 1 saturated carbocycles. The molecular formula is C14H18BrClO2. The highest BCUT2D eigenvalue weighted by atomic mass is 79.9. The number of hydrogen-bond donors (Lipinski definition) is 0. The van der Waals surface area contributed by atoms with Gasteiger partial charge in [0.05, 0.1) is 24.1 Å². The standard InChI is InChI=1S/C14H18BrClO2/c1-17-12-8-11(15)13(18-2)7-10(12)14(16)9-5-3-4-6-9/h7-9,14H,3-6H2,1-2H3. The van der Waals surface area contributed by atoms with Crippen molar-refractivity contribution in [3.8, 4) is 11.5 Å². The van der Waals surface area contributed by atoms with Crippen molar-refractivity contribution in [3.63, 3.8) is 0 Å². The van der Waals surface area contributed by atoms with Crippen LogP contribution in [0, 0.1) is 5.92 Å². The van der Waals surface area contributed by atoms with Crippen LogP contribution >= 0.6 is 27.5 Å². The first kappa shape index (κ1) is 14.0. The third kappa shape index (κ3) is 2.77. The molecule has 0 N–H and O–H groups in total. The molecule has 0 aliphatic heterocycles. The van der Waals surface area contributed by atoms with Gasteiger partial charge in [-0.3, -0.25) is 0 Å². The third-order valence-electron chi connectivity index (χ3n) is 3.61. The molecular weight excluding hydrogens is 316 g/mol. The zero-order valence-electron chi connectivity index (χ0n) is 10.7. The molecule has 0 saturated heterocycles. The predicted molar refractivity (Wildman–Crippen MR) is 77.8 cm³/mol. The molecule has 0 spiro atoms. The van der Waals surface area contributed by atoms with E-state index in [2.05, 4.69) is 15.9 Å². The monoisotopic (exact) mass is 332 g/mol. The topological polar surface area (TPSA) is 18.5 Å². The second-order valence-corrected chi connectivity index (χ2v) is 6.00. The average molecular weight is 334 g/mol. The molecule has 0 amide bonds. The van der Waals surface area contributed by atoms with E-state index in [1.54, 1.807) is 14.2 Å². The van der Waals surface area contributed by atoms with Crippen LogP contribution in [0.15, 0.2) is 16.6 Å². The van der Waals surface area contributed by atoms with E-state index in [1.165, 1.54) is 25.7 Å². The van der Waals surface area contributed by atoms with Gasteiger partial charge in [-0.1, -0.05) is 12.8 Å². The van der Waals surface area contributed by atoms with Crippen molar-refractivity contribution in [2.45, 2.75) is 31.1 Å². The van der Waals surface area contributed by atoms with E-state index in [1.807, 2.05) is 12.1 Å². The van der Waals surface area contributed by atoms with Crippen LogP contribution in [-0.4, -0.2) is 14.2 Å². The molecule has 1 aromatic carbocycles. The Morgan fingerprint density at radius 1 is 1.17 bits per heavy atom. The van der Waals surface area contributed by atoms with Crippen LogP contribution in [0.2, 0.25) is 0 Å². The molecule has 2 nitrogen and oxygen atoms in total. The van der Waals surface area contributed by atoms with Gasteiger partial charge in [-0.25, -0.2) is 0 Å². The van der Waals surface area contributed by atoms with Crippen LogP contribution in [0.1, 0.15) is 36.6 Å². The van der Waals surface area contributed by atoms with Crippen LogP contribution in [0.4, 0.5) is 0 Å². The van der Waals surface area contributed by atoms with Gasteiger partial charge < -0.3 is 9.47 Å². The maximum Gasteiger partial charge on any atom is 0.133 e. The van der Waals surface area contributed by atoms with Gasteiger partial charge in [0.15, 0.2) is 0 Å². The van der Waals surface area contributed by atoms with E-state index in [9.17, 15) is 0 Å². The van der Waals surface area contributed by atoms with Gasteiger partial charge in [0.1, 0.15) is 11.5 Å². The molecule has 1 unspecified atom stereocenters. The Morgan fingerprint density at radius 3 is 2.33 bits per heavy atom. The van der Waals surface area contributed by atoms with Crippen LogP contribution in [0.25, 0.3) is 0 Å². The fourth-order valence-electron chi connectivity index (χ4n) is 2.60. The number of methoxy groups -OCH3 is 2. The van der Waals surface area contributed by atoms with Gasteiger partial charge in [-0.05, 0) is 46.8 Å². The number of alkyl halides is 1. The summed E-state index contributed by atoms with van der Waals surface area (Å²) in [5.41, 5.74) is 1.03. The summed E-state index contributed by atoms with van der Waals surface area (Å²) >= 11 is 10.1. The molecule has 0 radical (unpaired) electrons. The smallest absolute Gasteiger partial charge is 0.133 e. The zero-order valence-corrected chi connectivity index (χ0v) is 13.1. The fraction of sp³-hybridized carbons (Fsp3) is 0.571. The Balaban J connectivity index is 2.34. The predicted octanol–water partition coefficient (Wildman–Crippen LogP) is 4.94. The van der Waals surface area contributed by atoms with E-state index in [0.29, 0.717) is 5.92 Å². The SMILES string of the molecule is COc1cc(C(Cl)C2CCCC2)c(OC)cc1Br. The Hall–Kier alpha value is -0.410. The van der Waals surface area contributed by atoms with Crippen molar-refractivity contribution in [2.24, 2.45) is 5.92 Å². The molecule has 1 fully saturated rings. The third-order valence-corrected chi connectivity index (χ3v) is 4.83.